The van der Waals surface area contributed by atoms with Crippen molar-refractivity contribution in [2.24, 2.45) is 16.8 Å². The van der Waals surface area contributed by atoms with Crippen molar-refractivity contribution in [1.82, 2.24) is 0 Å². The Morgan fingerprint density at radius 1 is 1.31 bits per heavy atom. The summed E-state index contributed by atoms with van der Waals surface area (Å²) in [7, 11) is 0. The molecule has 0 amide bonds. The first-order valence-electron chi connectivity index (χ1n) is 4.26. The normalized spacial score (nSPS) is 11.3. The van der Waals surface area contributed by atoms with Crippen LogP contribution in [0.5, 0.6) is 0 Å². The highest BCUT2D eigenvalue weighted by molar-refractivity contribution is 4.60. The molecule has 80 valence electrons. The van der Waals surface area contributed by atoms with E-state index < -0.39 is 0 Å². The second-order valence-electron chi connectivity index (χ2n) is 2.64. The Labute approximate surface area is 77.9 Å². The van der Waals surface area contributed by atoms with E-state index in [2.05, 4.69) is 0 Å². The topological polar surface area (TPSA) is 122 Å². The molecule has 0 aromatic carbocycles. The van der Waals surface area contributed by atoms with Gasteiger partial charge in [0.25, 0.3) is 0 Å². The fourth-order valence-electron chi connectivity index (χ4n) is 0.878. The van der Waals surface area contributed by atoms with Crippen molar-refractivity contribution in [2.45, 2.75) is 31.7 Å². The quantitative estimate of drug-likeness (QED) is 0.348. The van der Waals surface area contributed by atoms with Crippen LogP contribution in [-0.2, 0) is 0 Å². The van der Waals surface area contributed by atoms with Crippen molar-refractivity contribution >= 4 is 0 Å². The number of hydrogen-bond acceptors (Lipinski definition) is 5. The van der Waals surface area contributed by atoms with Gasteiger partial charge in [-0.3, -0.25) is 0 Å². The summed E-state index contributed by atoms with van der Waals surface area (Å²) in [6, 6.07) is 0.232. The van der Waals surface area contributed by atoms with E-state index in [0.717, 1.165) is 25.7 Å². The zero-order chi connectivity index (χ0) is 10.5. The van der Waals surface area contributed by atoms with Crippen molar-refractivity contribution in [3.8, 4) is 0 Å². The molecule has 0 saturated heterocycles. The third-order valence-corrected chi connectivity index (χ3v) is 1.51. The Kier molecular flexibility index (Phi) is 15.7. The molecule has 0 heterocycles. The Hall–Kier alpha value is -0.720. The molecule has 0 aliphatic rings. The monoisotopic (exact) mass is 193 g/mol. The average Bonchev–Trinajstić information content (AvgIpc) is 2.12. The van der Waals surface area contributed by atoms with Crippen LogP contribution in [0, 0.1) is 4.91 Å². The smallest absolute Gasteiger partial charge is 0.152 e. The molecule has 0 aromatic heterocycles. The van der Waals surface area contributed by atoms with E-state index >= 15 is 0 Å². The van der Waals surface area contributed by atoms with Crippen LogP contribution in [0.2, 0.25) is 0 Å². The summed E-state index contributed by atoms with van der Waals surface area (Å²) in [5, 5.41) is 16.3. The minimum Gasteiger partial charge on any atom is -0.396 e. The number of nitrogens with zero attached hydrogens (tertiary/aromatic N) is 1. The summed E-state index contributed by atoms with van der Waals surface area (Å²) >= 11 is 0. The maximum atomic E-state index is 8.46. The lowest BCUT2D eigenvalue weighted by Gasteiger charge is -2.08. The largest absolute Gasteiger partial charge is 0.396 e. The maximum absolute atomic E-state index is 8.46. The molecule has 13 heavy (non-hydrogen) atoms. The number of nitrogens with two attached hydrogens (primary N) is 2. The fraction of sp³-hybridized carbons (Fsp3) is 1.00. The minimum atomic E-state index is 0.232. The third kappa shape index (κ3) is 18.3. The van der Waals surface area contributed by atoms with Gasteiger partial charge in [0, 0.05) is 12.6 Å². The second-order valence-corrected chi connectivity index (χ2v) is 2.64. The molecule has 0 fully saturated rings. The molecule has 1 unspecified atom stereocenters. The molecule has 0 radical (unpaired) electrons. The van der Waals surface area contributed by atoms with Gasteiger partial charge in [-0.1, -0.05) is 0 Å². The van der Waals surface area contributed by atoms with E-state index in [1.54, 1.807) is 0 Å². The number of hydrogen-bond donors (Lipinski definition) is 4. The summed E-state index contributed by atoms with van der Waals surface area (Å²) < 4.78 is 0. The van der Waals surface area contributed by atoms with Gasteiger partial charge in [-0.25, -0.2) is 0 Å². The Balaban J connectivity index is 0. The summed E-state index contributed by atoms with van der Waals surface area (Å²) in [6.45, 7) is 0.961. The van der Waals surface area contributed by atoms with Crippen LogP contribution >= 0.6 is 0 Å². The predicted octanol–water partition coefficient (Wildman–Crippen LogP) is -0.0329. The van der Waals surface area contributed by atoms with Crippen molar-refractivity contribution in [1.29, 1.82) is 0 Å². The average molecular weight is 193 g/mol. The molecular weight excluding hydrogens is 174 g/mol. The van der Waals surface area contributed by atoms with Gasteiger partial charge in [-0.05, 0) is 32.2 Å². The SMILES string of the molecule is NCCCC(N)CCCO.O=NO. The van der Waals surface area contributed by atoms with Crippen LogP contribution in [0.3, 0.4) is 0 Å². The first-order valence-corrected chi connectivity index (χ1v) is 4.26. The van der Waals surface area contributed by atoms with Gasteiger partial charge >= 0.3 is 0 Å². The molecule has 0 aromatic rings. The maximum Gasteiger partial charge on any atom is 0.152 e. The van der Waals surface area contributed by atoms with E-state index in [1.165, 1.54) is 5.34 Å². The van der Waals surface area contributed by atoms with Gasteiger partial charge in [0.1, 0.15) is 0 Å². The van der Waals surface area contributed by atoms with Crippen LogP contribution in [0.25, 0.3) is 0 Å². The van der Waals surface area contributed by atoms with E-state index in [1.807, 2.05) is 0 Å². The van der Waals surface area contributed by atoms with Gasteiger partial charge in [-0.2, -0.15) is 0 Å². The van der Waals surface area contributed by atoms with Crippen LogP contribution in [0.1, 0.15) is 25.7 Å². The molecule has 0 aliphatic heterocycles. The van der Waals surface area contributed by atoms with Crippen LogP contribution in [0.4, 0.5) is 0 Å². The summed E-state index contributed by atoms with van der Waals surface area (Å²) in [5.41, 5.74) is 11.0. The first-order chi connectivity index (χ1) is 6.22. The molecule has 1 atom stereocenters. The van der Waals surface area contributed by atoms with E-state index in [0.29, 0.717) is 6.54 Å². The lowest BCUT2D eigenvalue weighted by Crippen LogP contribution is -2.21. The Morgan fingerprint density at radius 3 is 2.15 bits per heavy atom. The summed E-state index contributed by atoms with van der Waals surface area (Å²) in [6.07, 6.45) is 3.70. The lowest BCUT2D eigenvalue weighted by molar-refractivity contribution is 0.278. The summed E-state index contributed by atoms with van der Waals surface area (Å²) in [4.78, 5) is 8.11. The van der Waals surface area contributed by atoms with Crippen LogP contribution in [0.15, 0.2) is 5.34 Å². The summed E-state index contributed by atoms with van der Waals surface area (Å²) in [5.74, 6) is 0. The van der Waals surface area contributed by atoms with E-state index in [-0.39, 0.29) is 12.6 Å². The van der Waals surface area contributed by atoms with E-state index in [9.17, 15) is 0 Å². The van der Waals surface area contributed by atoms with Gasteiger partial charge in [0.15, 0.2) is 5.34 Å². The Bertz CT molecular complexity index is 95.0. The number of aliphatic hydroxyl groups is 1. The van der Waals surface area contributed by atoms with E-state index in [4.69, 9.17) is 26.7 Å². The number of aliphatic hydroxyl groups excluding tert-OH is 1. The molecule has 6 N–H and O–H groups in total. The van der Waals surface area contributed by atoms with Crippen molar-refractivity contribution in [3.05, 3.63) is 4.91 Å². The molecule has 0 bridgehead atoms. The first kappa shape index (κ1) is 14.8. The zero-order valence-electron chi connectivity index (χ0n) is 7.72. The van der Waals surface area contributed by atoms with Gasteiger partial charge in [0.05, 0.1) is 0 Å². The molecule has 0 rings (SSSR count). The molecule has 0 spiro atoms. The molecule has 6 nitrogen and oxygen atoms in total. The van der Waals surface area contributed by atoms with Crippen LogP contribution < -0.4 is 11.5 Å². The number of rotatable bonds is 6. The van der Waals surface area contributed by atoms with Crippen molar-refractivity contribution < 1.29 is 10.3 Å². The second kappa shape index (κ2) is 13.8. The lowest BCUT2D eigenvalue weighted by atomic mass is 10.1. The Morgan fingerprint density at radius 2 is 1.77 bits per heavy atom. The molecular formula is C7H19N3O3. The fourth-order valence-corrected chi connectivity index (χ4v) is 0.878. The van der Waals surface area contributed by atoms with Gasteiger partial charge in [0.2, 0.25) is 0 Å². The van der Waals surface area contributed by atoms with Crippen molar-refractivity contribution in [2.75, 3.05) is 13.2 Å². The predicted molar refractivity (Wildman–Crippen MR) is 50.2 cm³/mol. The van der Waals surface area contributed by atoms with Gasteiger partial charge < -0.3 is 21.8 Å². The molecule has 0 aliphatic carbocycles. The van der Waals surface area contributed by atoms with Gasteiger partial charge in [-0.15, -0.1) is 4.91 Å². The highest BCUT2D eigenvalue weighted by Crippen LogP contribution is 2.00. The highest BCUT2D eigenvalue weighted by atomic mass is 16.6. The minimum absolute atomic E-state index is 0.232. The highest BCUT2D eigenvalue weighted by Gasteiger charge is 1.99. The molecule has 6 heteroatoms. The standard InChI is InChI=1S/C7H18N2O.HNO2/c8-5-1-3-7(9)4-2-6-10;2-1-3/h7,10H,1-6,8-9H2;(H,2,3). The van der Waals surface area contributed by atoms with Crippen LogP contribution in [-0.4, -0.2) is 29.5 Å². The zero-order valence-corrected chi connectivity index (χ0v) is 7.72. The third-order valence-electron chi connectivity index (χ3n) is 1.51. The molecule has 0 saturated carbocycles. The van der Waals surface area contributed by atoms with Crippen molar-refractivity contribution in [3.63, 3.8) is 0 Å².